The van der Waals surface area contributed by atoms with E-state index in [-0.39, 0.29) is 11.9 Å². The summed E-state index contributed by atoms with van der Waals surface area (Å²) in [5, 5.41) is 3.48. The van der Waals surface area contributed by atoms with E-state index in [1.807, 2.05) is 0 Å². The summed E-state index contributed by atoms with van der Waals surface area (Å²) in [6.07, 6.45) is 4.63. The van der Waals surface area contributed by atoms with Crippen molar-refractivity contribution in [3.8, 4) is 0 Å². The first-order valence-electron chi connectivity index (χ1n) is 6.44. The number of halogens is 1. The fraction of sp³-hybridized carbons (Fsp3) is 0.500. The number of nitrogens with two attached hydrogens (primary N) is 1. The monoisotopic (exact) mass is 266 g/mol. The Kier molecular flexibility index (Phi) is 4.12. The van der Waals surface area contributed by atoms with Gasteiger partial charge in [0.15, 0.2) is 0 Å². The van der Waals surface area contributed by atoms with Crippen LogP contribution >= 0.6 is 11.6 Å². The van der Waals surface area contributed by atoms with Gasteiger partial charge in [-0.1, -0.05) is 37.4 Å². The van der Waals surface area contributed by atoms with E-state index in [9.17, 15) is 4.79 Å². The van der Waals surface area contributed by atoms with Gasteiger partial charge in [0.25, 0.3) is 5.91 Å². The van der Waals surface area contributed by atoms with Crippen molar-refractivity contribution >= 4 is 23.2 Å². The van der Waals surface area contributed by atoms with Crippen molar-refractivity contribution in [2.24, 2.45) is 5.92 Å². The van der Waals surface area contributed by atoms with Crippen molar-refractivity contribution in [1.82, 2.24) is 5.32 Å². The van der Waals surface area contributed by atoms with E-state index in [0.29, 0.717) is 22.2 Å². The molecule has 1 fully saturated rings. The third kappa shape index (κ3) is 2.78. The molecule has 1 aliphatic rings. The van der Waals surface area contributed by atoms with Gasteiger partial charge in [-0.15, -0.1) is 0 Å². The van der Waals surface area contributed by atoms with Gasteiger partial charge < -0.3 is 11.1 Å². The highest BCUT2D eigenvalue weighted by molar-refractivity contribution is 6.34. The van der Waals surface area contributed by atoms with Crippen LogP contribution in [0.1, 0.15) is 43.0 Å². The maximum atomic E-state index is 12.2. The number of hydrogen-bond acceptors (Lipinski definition) is 2. The van der Waals surface area contributed by atoms with Crippen LogP contribution < -0.4 is 11.1 Å². The lowest BCUT2D eigenvalue weighted by molar-refractivity contribution is 0.0911. The summed E-state index contributed by atoms with van der Waals surface area (Å²) in [7, 11) is 0. The van der Waals surface area contributed by atoms with Crippen LogP contribution in [0.2, 0.25) is 5.02 Å². The quantitative estimate of drug-likeness (QED) is 0.808. The van der Waals surface area contributed by atoms with Crippen LogP contribution in [0.4, 0.5) is 5.69 Å². The molecule has 0 aliphatic heterocycles. The minimum Gasteiger partial charge on any atom is -0.398 e. The molecule has 18 heavy (non-hydrogen) atoms. The summed E-state index contributed by atoms with van der Waals surface area (Å²) < 4.78 is 0. The first-order chi connectivity index (χ1) is 8.59. The predicted octanol–water partition coefficient (Wildman–Crippen LogP) is 3.23. The maximum Gasteiger partial charge on any atom is 0.255 e. The molecule has 0 radical (unpaired) electrons. The number of nitrogen functional groups attached to an aromatic ring is 1. The third-order valence-electron chi connectivity index (χ3n) is 3.70. The van der Waals surface area contributed by atoms with E-state index in [1.165, 1.54) is 19.3 Å². The second kappa shape index (κ2) is 5.61. The average Bonchev–Trinajstić information content (AvgIpc) is 2.32. The molecule has 1 aromatic carbocycles. The second-order valence-corrected chi connectivity index (χ2v) is 5.45. The molecule has 3 nitrogen and oxygen atoms in total. The summed E-state index contributed by atoms with van der Waals surface area (Å²) >= 11 is 6.04. The van der Waals surface area contributed by atoms with Gasteiger partial charge in [-0.3, -0.25) is 4.79 Å². The van der Waals surface area contributed by atoms with Gasteiger partial charge in [0.2, 0.25) is 0 Å². The maximum absolute atomic E-state index is 12.2. The molecule has 0 heterocycles. The summed E-state index contributed by atoms with van der Waals surface area (Å²) in [5.74, 6) is 0.364. The number of amides is 1. The molecule has 1 saturated carbocycles. The van der Waals surface area contributed by atoms with Crippen LogP contribution in [0, 0.1) is 5.92 Å². The fourth-order valence-corrected chi connectivity index (χ4v) is 2.82. The Morgan fingerprint density at radius 3 is 2.78 bits per heavy atom. The Labute approximate surface area is 113 Å². The zero-order valence-corrected chi connectivity index (χ0v) is 11.3. The predicted molar refractivity (Wildman–Crippen MR) is 74.8 cm³/mol. The zero-order valence-electron chi connectivity index (χ0n) is 10.6. The lowest BCUT2D eigenvalue weighted by atomic mass is 9.86. The lowest BCUT2D eigenvalue weighted by Gasteiger charge is -2.29. The number of carbonyl (C=O) groups is 1. The van der Waals surface area contributed by atoms with Gasteiger partial charge in [-0.05, 0) is 30.9 Å². The molecular weight excluding hydrogens is 248 g/mol. The van der Waals surface area contributed by atoms with E-state index in [1.54, 1.807) is 18.2 Å². The average molecular weight is 267 g/mol. The Morgan fingerprint density at radius 2 is 2.11 bits per heavy atom. The molecule has 1 aliphatic carbocycles. The lowest BCUT2D eigenvalue weighted by Crippen LogP contribution is -2.41. The van der Waals surface area contributed by atoms with Crippen LogP contribution in [-0.2, 0) is 0 Å². The van der Waals surface area contributed by atoms with Crippen molar-refractivity contribution in [2.45, 2.75) is 38.6 Å². The molecule has 0 saturated heterocycles. The molecule has 1 amide bonds. The van der Waals surface area contributed by atoms with Crippen molar-refractivity contribution in [3.05, 3.63) is 28.8 Å². The molecule has 0 aromatic heterocycles. The number of nitrogens with one attached hydrogen (secondary N) is 1. The zero-order chi connectivity index (χ0) is 13.1. The first kappa shape index (κ1) is 13.2. The third-order valence-corrected chi connectivity index (χ3v) is 4.02. The van der Waals surface area contributed by atoms with Crippen LogP contribution in [0.15, 0.2) is 18.2 Å². The molecule has 2 unspecified atom stereocenters. The van der Waals surface area contributed by atoms with Crippen LogP contribution in [-0.4, -0.2) is 11.9 Å². The Bertz CT molecular complexity index is 427. The normalized spacial score (nSPS) is 23.7. The molecule has 2 atom stereocenters. The molecule has 0 spiro atoms. The van der Waals surface area contributed by atoms with Crippen molar-refractivity contribution in [1.29, 1.82) is 0 Å². The Balaban J connectivity index is 2.12. The molecule has 98 valence electrons. The van der Waals surface area contributed by atoms with Crippen molar-refractivity contribution in [2.75, 3.05) is 5.73 Å². The number of benzene rings is 1. The number of carbonyl (C=O) groups excluding carboxylic acids is 1. The van der Waals surface area contributed by atoms with Gasteiger partial charge in [-0.2, -0.15) is 0 Å². The van der Waals surface area contributed by atoms with Gasteiger partial charge in [0, 0.05) is 11.7 Å². The summed E-state index contributed by atoms with van der Waals surface area (Å²) in [6.45, 7) is 2.18. The minimum atomic E-state index is -0.156. The van der Waals surface area contributed by atoms with Crippen LogP contribution in [0.25, 0.3) is 0 Å². The van der Waals surface area contributed by atoms with E-state index >= 15 is 0 Å². The molecule has 1 aromatic rings. The Morgan fingerprint density at radius 1 is 1.39 bits per heavy atom. The number of rotatable bonds is 2. The molecule has 0 bridgehead atoms. The minimum absolute atomic E-state index is 0.156. The van der Waals surface area contributed by atoms with Crippen LogP contribution in [0.5, 0.6) is 0 Å². The summed E-state index contributed by atoms with van der Waals surface area (Å²) in [5.41, 5.74) is 6.65. The van der Waals surface area contributed by atoms with Crippen molar-refractivity contribution < 1.29 is 4.79 Å². The van der Waals surface area contributed by atoms with Gasteiger partial charge in [-0.25, -0.2) is 0 Å². The second-order valence-electron chi connectivity index (χ2n) is 5.05. The highest BCUT2D eigenvalue weighted by Gasteiger charge is 2.24. The largest absolute Gasteiger partial charge is 0.398 e. The SMILES string of the molecule is CC1CCCCC1NC(=O)c1c(N)cccc1Cl. The van der Waals surface area contributed by atoms with Gasteiger partial charge >= 0.3 is 0 Å². The van der Waals surface area contributed by atoms with Crippen LogP contribution in [0.3, 0.4) is 0 Å². The van der Waals surface area contributed by atoms with E-state index in [2.05, 4.69) is 12.2 Å². The number of hydrogen-bond donors (Lipinski definition) is 2. The summed E-state index contributed by atoms with van der Waals surface area (Å²) in [4.78, 5) is 12.2. The highest BCUT2D eigenvalue weighted by Crippen LogP contribution is 2.26. The smallest absolute Gasteiger partial charge is 0.255 e. The number of anilines is 1. The Hall–Kier alpha value is -1.22. The fourth-order valence-electron chi connectivity index (χ4n) is 2.55. The molecule has 2 rings (SSSR count). The molecule has 3 N–H and O–H groups in total. The van der Waals surface area contributed by atoms with E-state index in [0.717, 1.165) is 6.42 Å². The molecular formula is C14H19ClN2O. The van der Waals surface area contributed by atoms with Gasteiger partial charge in [0.1, 0.15) is 0 Å². The highest BCUT2D eigenvalue weighted by atomic mass is 35.5. The van der Waals surface area contributed by atoms with E-state index < -0.39 is 0 Å². The van der Waals surface area contributed by atoms with E-state index in [4.69, 9.17) is 17.3 Å². The summed E-state index contributed by atoms with van der Waals surface area (Å²) in [6, 6.07) is 5.38. The van der Waals surface area contributed by atoms with Gasteiger partial charge in [0.05, 0.1) is 10.6 Å². The van der Waals surface area contributed by atoms with Crippen molar-refractivity contribution in [3.63, 3.8) is 0 Å². The standard InChI is InChI=1S/C14H19ClN2O/c1-9-5-2-3-8-12(9)17-14(18)13-10(15)6-4-7-11(13)16/h4,6-7,9,12H,2-3,5,8,16H2,1H3,(H,17,18). The molecule has 4 heteroatoms. The topological polar surface area (TPSA) is 55.1 Å². The first-order valence-corrected chi connectivity index (χ1v) is 6.82.